The second kappa shape index (κ2) is 6.11. The molecule has 0 aliphatic heterocycles. The molecule has 1 unspecified atom stereocenters. The zero-order chi connectivity index (χ0) is 12.8. The molecule has 6 nitrogen and oxygen atoms in total. The van der Waals surface area contributed by atoms with Gasteiger partial charge in [-0.2, -0.15) is 5.10 Å². The maximum atomic E-state index is 5.09. The molecule has 96 valence electrons. The van der Waals surface area contributed by atoms with Crippen LogP contribution in [-0.2, 0) is 4.74 Å². The average molecular weight is 247 g/mol. The number of ether oxygens (including phenoxy) is 1. The number of nitrogens with one attached hydrogen (secondary N) is 1. The molecule has 0 radical (unpaired) electrons. The van der Waals surface area contributed by atoms with Crippen LogP contribution in [0.3, 0.4) is 0 Å². The van der Waals surface area contributed by atoms with Gasteiger partial charge in [-0.3, -0.25) is 0 Å². The molecule has 0 aliphatic rings. The van der Waals surface area contributed by atoms with E-state index in [4.69, 9.17) is 4.74 Å². The Morgan fingerprint density at radius 2 is 2.33 bits per heavy atom. The molecule has 2 heterocycles. The second-order valence-electron chi connectivity index (χ2n) is 4.19. The molecule has 0 fully saturated rings. The third kappa shape index (κ3) is 3.27. The van der Waals surface area contributed by atoms with E-state index in [2.05, 4.69) is 27.3 Å². The van der Waals surface area contributed by atoms with Gasteiger partial charge in [0.25, 0.3) is 0 Å². The zero-order valence-electron chi connectivity index (χ0n) is 10.6. The lowest BCUT2D eigenvalue weighted by atomic mass is 10.2. The van der Waals surface area contributed by atoms with Crippen LogP contribution >= 0.6 is 0 Å². The van der Waals surface area contributed by atoms with Crippen molar-refractivity contribution in [3.05, 3.63) is 31.0 Å². The number of nitrogens with zero attached hydrogens (tertiary/aromatic N) is 4. The lowest BCUT2D eigenvalue weighted by molar-refractivity contribution is 0.164. The van der Waals surface area contributed by atoms with E-state index in [1.54, 1.807) is 24.3 Å². The van der Waals surface area contributed by atoms with Crippen LogP contribution in [0.5, 0.6) is 0 Å². The fraction of sp³-hybridized carbons (Fsp3) is 0.417. The first-order valence-electron chi connectivity index (χ1n) is 5.83. The molecule has 0 amide bonds. The van der Waals surface area contributed by atoms with Gasteiger partial charge in [0, 0.05) is 13.7 Å². The summed E-state index contributed by atoms with van der Waals surface area (Å²) in [4.78, 5) is 8.20. The van der Waals surface area contributed by atoms with E-state index in [1.165, 1.54) is 6.33 Å². The van der Waals surface area contributed by atoms with Crippen molar-refractivity contribution in [2.75, 3.05) is 25.6 Å². The van der Waals surface area contributed by atoms with Crippen LogP contribution in [-0.4, -0.2) is 40.0 Å². The number of pyridine rings is 1. The molecule has 0 aliphatic carbocycles. The van der Waals surface area contributed by atoms with Crippen molar-refractivity contribution in [1.29, 1.82) is 0 Å². The van der Waals surface area contributed by atoms with Gasteiger partial charge >= 0.3 is 0 Å². The van der Waals surface area contributed by atoms with E-state index >= 15 is 0 Å². The highest BCUT2D eigenvalue weighted by molar-refractivity contribution is 5.43. The molecule has 0 spiro atoms. The summed E-state index contributed by atoms with van der Waals surface area (Å²) < 4.78 is 6.71. The Bertz CT molecular complexity index is 454. The van der Waals surface area contributed by atoms with Crippen LogP contribution in [0.2, 0.25) is 0 Å². The first-order chi connectivity index (χ1) is 8.79. The van der Waals surface area contributed by atoms with Crippen molar-refractivity contribution >= 4 is 5.69 Å². The van der Waals surface area contributed by atoms with E-state index in [0.717, 1.165) is 24.7 Å². The van der Waals surface area contributed by atoms with Crippen molar-refractivity contribution in [2.45, 2.75) is 6.92 Å². The highest BCUT2D eigenvalue weighted by Crippen LogP contribution is 2.09. The summed E-state index contributed by atoms with van der Waals surface area (Å²) in [7, 11) is 1.71. The molecule has 0 saturated carbocycles. The van der Waals surface area contributed by atoms with E-state index < -0.39 is 0 Å². The number of anilines is 1. The summed E-state index contributed by atoms with van der Waals surface area (Å²) in [5.41, 5.74) is 0.988. The van der Waals surface area contributed by atoms with Gasteiger partial charge in [-0.15, -0.1) is 0 Å². The van der Waals surface area contributed by atoms with E-state index in [1.807, 2.05) is 12.1 Å². The lowest BCUT2D eigenvalue weighted by Gasteiger charge is -2.12. The van der Waals surface area contributed by atoms with Gasteiger partial charge in [0.1, 0.15) is 12.7 Å². The van der Waals surface area contributed by atoms with Crippen molar-refractivity contribution < 1.29 is 4.74 Å². The van der Waals surface area contributed by atoms with Crippen molar-refractivity contribution in [3.63, 3.8) is 0 Å². The Hall–Kier alpha value is -1.95. The summed E-state index contributed by atoms with van der Waals surface area (Å²) in [5, 5.41) is 7.33. The van der Waals surface area contributed by atoms with E-state index in [-0.39, 0.29) is 0 Å². The van der Waals surface area contributed by atoms with Gasteiger partial charge in [0.15, 0.2) is 5.82 Å². The molecule has 1 atom stereocenters. The Morgan fingerprint density at radius 3 is 2.94 bits per heavy atom. The van der Waals surface area contributed by atoms with Gasteiger partial charge in [-0.05, 0) is 18.1 Å². The summed E-state index contributed by atoms with van der Waals surface area (Å²) >= 11 is 0. The minimum Gasteiger partial charge on any atom is -0.384 e. The predicted octanol–water partition coefficient (Wildman–Crippen LogP) is 1.36. The summed E-state index contributed by atoms with van der Waals surface area (Å²) in [5.74, 6) is 1.22. The lowest BCUT2D eigenvalue weighted by Crippen LogP contribution is -2.15. The van der Waals surface area contributed by atoms with Crippen LogP contribution in [0, 0.1) is 5.92 Å². The molecule has 0 aromatic carbocycles. The Balaban J connectivity index is 1.92. The molecular weight excluding hydrogens is 230 g/mol. The molecule has 18 heavy (non-hydrogen) atoms. The normalized spacial score (nSPS) is 12.3. The van der Waals surface area contributed by atoms with Crippen LogP contribution in [0.15, 0.2) is 31.0 Å². The zero-order valence-corrected chi connectivity index (χ0v) is 10.6. The molecule has 2 aromatic heterocycles. The summed E-state index contributed by atoms with van der Waals surface area (Å²) in [6, 6.07) is 3.88. The minimum absolute atomic E-state index is 0.463. The maximum absolute atomic E-state index is 5.09. The van der Waals surface area contributed by atoms with Crippen LogP contribution in [0.1, 0.15) is 6.92 Å². The first-order valence-corrected chi connectivity index (χ1v) is 5.83. The summed E-state index contributed by atoms with van der Waals surface area (Å²) in [6.45, 7) is 3.74. The van der Waals surface area contributed by atoms with Crippen LogP contribution in [0.25, 0.3) is 5.82 Å². The summed E-state index contributed by atoms with van der Waals surface area (Å²) in [6.07, 6.45) is 4.90. The smallest absolute Gasteiger partial charge is 0.155 e. The quantitative estimate of drug-likeness (QED) is 0.835. The van der Waals surface area contributed by atoms with Crippen molar-refractivity contribution in [1.82, 2.24) is 19.7 Å². The van der Waals surface area contributed by atoms with Gasteiger partial charge in [0.05, 0.1) is 18.5 Å². The third-order valence-electron chi connectivity index (χ3n) is 2.51. The molecule has 2 rings (SSSR count). The van der Waals surface area contributed by atoms with E-state index in [0.29, 0.717) is 5.92 Å². The number of hydrogen-bond donors (Lipinski definition) is 1. The van der Waals surface area contributed by atoms with Gasteiger partial charge in [-0.25, -0.2) is 14.6 Å². The van der Waals surface area contributed by atoms with Crippen LogP contribution < -0.4 is 5.32 Å². The average Bonchev–Trinajstić information content (AvgIpc) is 2.91. The Morgan fingerprint density at radius 1 is 1.44 bits per heavy atom. The first kappa shape index (κ1) is 12.5. The maximum Gasteiger partial charge on any atom is 0.155 e. The highest BCUT2D eigenvalue weighted by atomic mass is 16.5. The largest absolute Gasteiger partial charge is 0.384 e. The Kier molecular flexibility index (Phi) is 4.25. The SMILES string of the molecule is COCC(C)CNc1ccc(-n2cncn2)nc1. The standard InChI is InChI=1S/C12H17N5O/c1-10(7-18-2)5-14-11-3-4-12(15-6-11)17-9-13-8-16-17/h3-4,6,8-10,14H,5,7H2,1-2H3. The van der Waals surface area contributed by atoms with Gasteiger partial charge in [-0.1, -0.05) is 6.92 Å². The van der Waals surface area contributed by atoms with Crippen molar-refractivity contribution in [3.8, 4) is 5.82 Å². The number of aromatic nitrogens is 4. The third-order valence-corrected chi connectivity index (χ3v) is 2.51. The molecule has 0 saturated heterocycles. The van der Waals surface area contributed by atoms with Gasteiger partial charge in [0.2, 0.25) is 0 Å². The number of rotatable bonds is 6. The van der Waals surface area contributed by atoms with Crippen LogP contribution in [0.4, 0.5) is 5.69 Å². The highest BCUT2D eigenvalue weighted by Gasteiger charge is 2.02. The monoisotopic (exact) mass is 247 g/mol. The fourth-order valence-corrected chi connectivity index (χ4v) is 1.59. The number of methoxy groups -OCH3 is 1. The van der Waals surface area contributed by atoms with Crippen molar-refractivity contribution in [2.24, 2.45) is 5.92 Å². The molecular formula is C12H17N5O. The predicted molar refractivity (Wildman–Crippen MR) is 68.7 cm³/mol. The van der Waals surface area contributed by atoms with E-state index in [9.17, 15) is 0 Å². The number of hydrogen-bond acceptors (Lipinski definition) is 5. The Labute approximate surface area is 106 Å². The molecule has 2 aromatic rings. The fourth-order valence-electron chi connectivity index (χ4n) is 1.59. The molecule has 1 N–H and O–H groups in total. The topological polar surface area (TPSA) is 64.9 Å². The second-order valence-corrected chi connectivity index (χ2v) is 4.19. The molecule has 6 heteroatoms. The molecule has 0 bridgehead atoms. The minimum atomic E-state index is 0.463. The van der Waals surface area contributed by atoms with Gasteiger partial charge < -0.3 is 10.1 Å².